The minimum absolute atomic E-state index is 0.305. The average Bonchev–Trinajstić information content (AvgIpc) is 2.34. The lowest BCUT2D eigenvalue weighted by atomic mass is 9.90. The molecule has 0 aromatic rings. The number of thiocarbonyl (C=S) groups is 1. The van der Waals surface area contributed by atoms with Crippen LogP contribution in [0.25, 0.3) is 0 Å². The minimum atomic E-state index is -0.560. The zero-order valence-electron chi connectivity index (χ0n) is 13.2. The van der Waals surface area contributed by atoms with Crippen molar-refractivity contribution in [2.24, 2.45) is 5.41 Å². The van der Waals surface area contributed by atoms with Gasteiger partial charge in [-0.1, -0.05) is 33.0 Å². The molecule has 1 rings (SSSR count). The van der Waals surface area contributed by atoms with Crippen molar-refractivity contribution < 1.29 is 5.11 Å². The zero-order chi connectivity index (χ0) is 14.8. The second kappa shape index (κ2) is 6.23. The van der Waals surface area contributed by atoms with Crippen molar-refractivity contribution in [3.63, 3.8) is 0 Å². The SMILES string of the molecule is CCN(CC)C1=C(N(C)CCC(C)(C)C)C(O)C1=S. The van der Waals surface area contributed by atoms with E-state index < -0.39 is 6.10 Å². The Bertz CT molecular complexity index is 367. The molecule has 1 unspecified atom stereocenters. The topological polar surface area (TPSA) is 26.7 Å². The summed E-state index contributed by atoms with van der Waals surface area (Å²) in [7, 11) is 2.05. The first-order valence-corrected chi connectivity index (χ1v) is 7.56. The highest BCUT2D eigenvalue weighted by Gasteiger charge is 2.38. The monoisotopic (exact) mass is 284 g/mol. The largest absolute Gasteiger partial charge is 0.381 e. The van der Waals surface area contributed by atoms with E-state index in [0.717, 1.165) is 37.4 Å². The Hall–Kier alpha value is -0.610. The maximum absolute atomic E-state index is 10.1. The number of rotatable bonds is 6. The molecule has 0 radical (unpaired) electrons. The first-order chi connectivity index (χ1) is 8.72. The average molecular weight is 284 g/mol. The summed E-state index contributed by atoms with van der Waals surface area (Å²) in [6.45, 7) is 13.8. The van der Waals surface area contributed by atoms with Gasteiger partial charge in [0.2, 0.25) is 0 Å². The van der Waals surface area contributed by atoms with Gasteiger partial charge in [0.15, 0.2) is 0 Å². The van der Waals surface area contributed by atoms with Crippen molar-refractivity contribution in [1.29, 1.82) is 0 Å². The second-order valence-electron chi connectivity index (χ2n) is 6.41. The molecule has 0 heterocycles. The van der Waals surface area contributed by atoms with Gasteiger partial charge < -0.3 is 14.9 Å². The highest BCUT2D eigenvalue weighted by molar-refractivity contribution is 7.81. The van der Waals surface area contributed by atoms with Crippen molar-refractivity contribution in [2.75, 3.05) is 26.7 Å². The Labute approximate surface area is 123 Å². The maximum Gasteiger partial charge on any atom is 0.133 e. The Morgan fingerprint density at radius 2 is 1.74 bits per heavy atom. The number of hydrogen-bond donors (Lipinski definition) is 1. The van der Waals surface area contributed by atoms with Gasteiger partial charge >= 0.3 is 0 Å². The molecule has 1 N–H and O–H groups in total. The van der Waals surface area contributed by atoms with Gasteiger partial charge in [0.1, 0.15) is 6.10 Å². The molecule has 19 heavy (non-hydrogen) atoms. The van der Waals surface area contributed by atoms with Gasteiger partial charge in [0.25, 0.3) is 0 Å². The normalized spacial score (nSPS) is 19.5. The fourth-order valence-corrected chi connectivity index (χ4v) is 2.65. The van der Waals surface area contributed by atoms with E-state index in [0.29, 0.717) is 10.3 Å². The van der Waals surface area contributed by atoms with E-state index in [1.165, 1.54) is 0 Å². The molecule has 0 bridgehead atoms. The summed E-state index contributed by atoms with van der Waals surface area (Å²) in [6, 6.07) is 0. The van der Waals surface area contributed by atoms with Crippen LogP contribution < -0.4 is 0 Å². The van der Waals surface area contributed by atoms with Crippen LogP contribution in [0.15, 0.2) is 11.4 Å². The number of nitrogens with zero attached hydrogens (tertiary/aromatic N) is 2. The van der Waals surface area contributed by atoms with E-state index >= 15 is 0 Å². The van der Waals surface area contributed by atoms with Gasteiger partial charge in [-0.05, 0) is 25.7 Å². The smallest absolute Gasteiger partial charge is 0.133 e. The fourth-order valence-electron chi connectivity index (χ4n) is 2.30. The molecule has 0 amide bonds. The van der Waals surface area contributed by atoms with Gasteiger partial charge in [-0.15, -0.1) is 0 Å². The molecular weight excluding hydrogens is 256 g/mol. The van der Waals surface area contributed by atoms with Crippen LogP contribution >= 0.6 is 12.2 Å². The molecule has 4 heteroatoms. The first kappa shape index (κ1) is 16.4. The quantitative estimate of drug-likeness (QED) is 0.759. The summed E-state index contributed by atoms with van der Waals surface area (Å²) < 4.78 is 0. The van der Waals surface area contributed by atoms with Crippen LogP contribution in [0.5, 0.6) is 0 Å². The third kappa shape index (κ3) is 3.69. The molecule has 1 aliphatic rings. The molecule has 0 saturated carbocycles. The van der Waals surface area contributed by atoms with E-state index in [1.807, 2.05) is 0 Å². The summed E-state index contributed by atoms with van der Waals surface area (Å²) in [5.74, 6) is 0. The predicted molar refractivity (Wildman–Crippen MR) is 85.3 cm³/mol. The fraction of sp³-hybridized carbons (Fsp3) is 0.800. The molecule has 3 nitrogen and oxygen atoms in total. The highest BCUT2D eigenvalue weighted by Crippen LogP contribution is 2.32. The third-order valence-electron chi connectivity index (χ3n) is 3.67. The number of aliphatic hydroxyl groups is 1. The first-order valence-electron chi connectivity index (χ1n) is 7.15. The van der Waals surface area contributed by atoms with Gasteiger partial charge in [-0.3, -0.25) is 0 Å². The molecular formula is C15H28N2OS. The Kier molecular flexibility index (Phi) is 5.39. The molecule has 0 aromatic carbocycles. The molecule has 110 valence electrons. The molecule has 0 saturated heterocycles. The van der Waals surface area contributed by atoms with Gasteiger partial charge in [-0.2, -0.15) is 0 Å². The van der Waals surface area contributed by atoms with Crippen LogP contribution in [0.1, 0.15) is 41.0 Å². The lowest BCUT2D eigenvalue weighted by molar-refractivity contribution is 0.188. The molecule has 0 fully saturated rings. The van der Waals surface area contributed by atoms with Crippen molar-refractivity contribution in [3.8, 4) is 0 Å². The lowest BCUT2D eigenvalue weighted by Crippen LogP contribution is -2.49. The van der Waals surface area contributed by atoms with Crippen molar-refractivity contribution in [3.05, 3.63) is 11.4 Å². The van der Waals surface area contributed by atoms with Gasteiger partial charge in [0, 0.05) is 26.7 Å². The second-order valence-corrected chi connectivity index (χ2v) is 6.84. The van der Waals surface area contributed by atoms with Crippen LogP contribution in [-0.2, 0) is 0 Å². The molecule has 0 aromatic heterocycles. The van der Waals surface area contributed by atoms with Crippen LogP contribution in [0, 0.1) is 5.41 Å². The number of hydrogen-bond acceptors (Lipinski definition) is 4. The molecule has 0 spiro atoms. The zero-order valence-corrected chi connectivity index (χ0v) is 14.0. The highest BCUT2D eigenvalue weighted by atomic mass is 32.1. The summed E-state index contributed by atoms with van der Waals surface area (Å²) in [5.41, 5.74) is 2.38. The lowest BCUT2D eigenvalue weighted by Gasteiger charge is -2.42. The number of likely N-dealkylation sites (N-methyl/N-ethyl adjacent to an activating group) is 1. The molecule has 0 aliphatic heterocycles. The molecule has 1 aliphatic carbocycles. The summed E-state index contributed by atoms with van der Waals surface area (Å²) >= 11 is 5.31. The Morgan fingerprint density at radius 1 is 1.21 bits per heavy atom. The van der Waals surface area contributed by atoms with Crippen LogP contribution in [0.4, 0.5) is 0 Å². The van der Waals surface area contributed by atoms with Crippen LogP contribution in [0.3, 0.4) is 0 Å². The van der Waals surface area contributed by atoms with Crippen molar-refractivity contribution >= 4 is 17.1 Å². The van der Waals surface area contributed by atoms with E-state index in [9.17, 15) is 5.11 Å². The maximum atomic E-state index is 10.1. The van der Waals surface area contributed by atoms with Gasteiger partial charge in [-0.25, -0.2) is 0 Å². The summed E-state index contributed by atoms with van der Waals surface area (Å²) in [5, 5.41) is 10.1. The Morgan fingerprint density at radius 3 is 2.16 bits per heavy atom. The molecule has 1 atom stereocenters. The summed E-state index contributed by atoms with van der Waals surface area (Å²) in [6.07, 6.45) is 0.536. The van der Waals surface area contributed by atoms with Gasteiger partial charge in [0.05, 0.1) is 16.3 Å². The van der Waals surface area contributed by atoms with E-state index in [4.69, 9.17) is 12.2 Å². The Balaban J connectivity index is 2.85. The standard InChI is InChI=1S/C15H28N2OS/c1-7-17(8-2)12-11(13(18)14(12)19)16(6)10-9-15(3,4)5/h13,18H,7-10H2,1-6H3. The van der Waals surface area contributed by atoms with Crippen LogP contribution in [0.2, 0.25) is 0 Å². The van der Waals surface area contributed by atoms with E-state index in [1.54, 1.807) is 0 Å². The predicted octanol–water partition coefficient (Wildman–Crippen LogP) is 2.65. The minimum Gasteiger partial charge on any atom is -0.381 e. The number of aliphatic hydroxyl groups excluding tert-OH is 1. The van der Waals surface area contributed by atoms with Crippen LogP contribution in [-0.4, -0.2) is 52.6 Å². The van der Waals surface area contributed by atoms with Crippen molar-refractivity contribution in [2.45, 2.75) is 47.1 Å². The summed E-state index contributed by atoms with van der Waals surface area (Å²) in [4.78, 5) is 5.10. The van der Waals surface area contributed by atoms with E-state index in [2.05, 4.69) is 51.5 Å². The van der Waals surface area contributed by atoms with Crippen molar-refractivity contribution in [1.82, 2.24) is 9.80 Å². The van der Waals surface area contributed by atoms with E-state index in [-0.39, 0.29) is 0 Å². The third-order valence-corrected chi connectivity index (χ3v) is 4.09.